The Kier molecular flexibility index (Phi) is 4.65. The summed E-state index contributed by atoms with van der Waals surface area (Å²) in [5, 5.41) is 6.13. The van der Waals surface area contributed by atoms with Crippen LogP contribution in [0.15, 0.2) is 71.2 Å². The van der Waals surface area contributed by atoms with Gasteiger partial charge in [-0.05, 0) is 34.0 Å². The minimum absolute atomic E-state index is 0.288. The third kappa shape index (κ3) is 3.12. The van der Waals surface area contributed by atoms with Crippen molar-refractivity contribution in [3.63, 3.8) is 0 Å². The summed E-state index contributed by atoms with van der Waals surface area (Å²) in [4.78, 5) is 2.60. The van der Waals surface area contributed by atoms with Crippen molar-refractivity contribution in [2.24, 2.45) is 0 Å². The Morgan fingerprint density at radius 3 is 2.46 bits per heavy atom. The van der Waals surface area contributed by atoms with Crippen LogP contribution in [0.1, 0.15) is 17.2 Å². The van der Waals surface area contributed by atoms with Crippen LogP contribution in [-0.4, -0.2) is 31.1 Å². The normalized spacial score (nSPS) is 17.0. The molecular formula is C21H21BrN2. The van der Waals surface area contributed by atoms with Crippen LogP contribution < -0.4 is 5.32 Å². The summed E-state index contributed by atoms with van der Waals surface area (Å²) < 4.78 is 1.14. The molecule has 1 aliphatic rings. The van der Waals surface area contributed by atoms with Gasteiger partial charge >= 0.3 is 0 Å². The SMILES string of the molecule is Brc1cccc(C(c2cccc3ccccc23)N2CCNCC2)c1. The molecule has 3 aromatic carbocycles. The third-order valence-corrected chi connectivity index (χ3v) is 5.29. The summed E-state index contributed by atoms with van der Waals surface area (Å²) in [5.74, 6) is 0. The minimum Gasteiger partial charge on any atom is -0.314 e. The summed E-state index contributed by atoms with van der Waals surface area (Å²) in [7, 11) is 0. The molecule has 0 amide bonds. The van der Waals surface area contributed by atoms with Crippen molar-refractivity contribution >= 4 is 26.7 Å². The molecule has 1 atom stereocenters. The van der Waals surface area contributed by atoms with E-state index in [2.05, 4.69) is 92.9 Å². The second-order valence-electron chi connectivity index (χ2n) is 6.31. The van der Waals surface area contributed by atoms with E-state index in [1.54, 1.807) is 0 Å². The molecule has 1 aliphatic heterocycles. The van der Waals surface area contributed by atoms with Crippen molar-refractivity contribution in [3.8, 4) is 0 Å². The molecule has 1 fully saturated rings. The van der Waals surface area contributed by atoms with Crippen LogP contribution in [0.4, 0.5) is 0 Å². The first-order chi connectivity index (χ1) is 11.8. The van der Waals surface area contributed by atoms with Gasteiger partial charge in [-0.25, -0.2) is 0 Å². The summed E-state index contributed by atoms with van der Waals surface area (Å²) in [6.07, 6.45) is 0. The first-order valence-electron chi connectivity index (χ1n) is 8.51. The second kappa shape index (κ2) is 7.06. The van der Waals surface area contributed by atoms with Crippen LogP contribution in [-0.2, 0) is 0 Å². The molecule has 2 nitrogen and oxygen atoms in total. The molecule has 1 saturated heterocycles. The lowest BCUT2D eigenvalue weighted by molar-refractivity contribution is 0.199. The maximum atomic E-state index is 3.65. The Morgan fingerprint density at radius 1 is 0.875 bits per heavy atom. The van der Waals surface area contributed by atoms with Crippen LogP contribution in [0, 0.1) is 0 Å². The van der Waals surface area contributed by atoms with Gasteiger partial charge in [-0.2, -0.15) is 0 Å². The molecule has 0 radical (unpaired) electrons. The van der Waals surface area contributed by atoms with Gasteiger partial charge in [-0.15, -0.1) is 0 Å². The first-order valence-corrected chi connectivity index (χ1v) is 9.30. The third-order valence-electron chi connectivity index (χ3n) is 4.80. The number of hydrogen-bond acceptors (Lipinski definition) is 2. The van der Waals surface area contributed by atoms with Gasteiger partial charge in [0.05, 0.1) is 6.04 Å². The molecule has 1 unspecified atom stereocenters. The molecule has 24 heavy (non-hydrogen) atoms. The van der Waals surface area contributed by atoms with E-state index in [-0.39, 0.29) is 6.04 Å². The lowest BCUT2D eigenvalue weighted by Crippen LogP contribution is -2.45. The highest BCUT2D eigenvalue weighted by molar-refractivity contribution is 9.10. The van der Waals surface area contributed by atoms with Crippen LogP contribution in [0.25, 0.3) is 10.8 Å². The van der Waals surface area contributed by atoms with Crippen molar-refractivity contribution in [1.82, 2.24) is 10.2 Å². The van der Waals surface area contributed by atoms with Crippen LogP contribution >= 0.6 is 15.9 Å². The van der Waals surface area contributed by atoms with Gasteiger partial charge in [0.2, 0.25) is 0 Å². The fraction of sp³-hybridized carbons (Fsp3) is 0.238. The van der Waals surface area contributed by atoms with Crippen LogP contribution in [0.2, 0.25) is 0 Å². The molecule has 1 heterocycles. The maximum Gasteiger partial charge on any atom is 0.0609 e. The molecule has 122 valence electrons. The zero-order valence-corrected chi connectivity index (χ0v) is 15.2. The molecule has 0 spiro atoms. The predicted octanol–water partition coefficient (Wildman–Crippen LogP) is 4.60. The van der Waals surface area contributed by atoms with Crippen molar-refractivity contribution in [2.75, 3.05) is 26.2 Å². The Morgan fingerprint density at radius 2 is 1.62 bits per heavy atom. The smallest absolute Gasteiger partial charge is 0.0609 e. The largest absolute Gasteiger partial charge is 0.314 e. The molecule has 3 heteroatoms. The number of piperazine rings is 1. The van der Waals surface area contributed by atoms with Crippen molar-refractivity contribution in [3.05, 3.63) is 82.3 Å². The van der Waals surface area contributed by atoms with E-state index in [0.717, 1.165) is 30.7 Å². The van der Waals surface area contributed by atoms with E-state index in [4.69, 9.17) is 0 Å². The molecule has 4 rings (SSSR count). The lowest BCUT2D eigenvalue weighted by Gasteiger charge is -2.36. The number of hydrogen-bond donors (Lipinski definition) is 1. The first kappa shape index (κ1) is 15.8. The predicted molar refractivity (Wildman–Crippen MR) is 104 cm³/mol. The van der Waals surface area contributed by atoms with Crippen LogP contribution in [0.3, 0.4) is 0 Å². The van der Waals surface area contributed by atoms with Gasteiger partial charge in [0.1, 0.15) is 0 Å². The highest BCUT2D eigenvalue weighted by atomic mass is 79.9. The Balaban J connectivity index is 1.88. The van der Waals surface area contributed by atoms with Gasteiger partial charge in [0.25, 0.3) is 0 Å². The quantitative estimate of drug-likeness (QED) is 0.714. The zero-order valence-electron chi connectivity index (χ0n) is 13.6. The molecular weight excluding hydrogens is 360 g/mol. The fourth-order valence-electron chi connectivity index (χ4n) is 3.69. The monoisotopic (exact) mass is 380 g/mol. The standard InChI is InChI=1S/C21H21BrN2/c22-18-8-3-7-17(15-18)21(24-13-11-23-12-14-24)20-10-4-6-16-5-1-2-9-19(16)20/h1-10,15,21,23H,11-14H2. The van der Waals surface area contributed by atoms with E-state index in [1.165, 1.54) is 21.9 Å². The van der Waals surface area contributed by atoms with E-state index in [9.17, 15) is 0 Å². The molecule has 0 aliphatic carbocycles. The summed E-state index contributed by atoms with van der Waals surface area (Å²) >= 11 is 3.65. The fourth-order valence-corrected chi connectivity index (χ4v) is 4.11. The molecule has 1 N–H and O–H groups in total. The Labute approximate surface area is 151 Å². The topological polar surface area (TPSA) is 15.3 Å². The van der Waals surface area contributed by atoms with Gasteiger partial charge in [-0.3, -0.25) is 4.90 Å². The highest BCUT2D eigenvalue weighted by Crippen LogP contribution is 2.34. The number of fused-ring (bicyclic) bond motifs is 1. The number of halogens is 1. The van der Waals surface area contributed by atoms with E-state index >= 15 is 0 Å². The van der Waals surface area contributed by atoms with Crippen LogP contribution in [0.5, 0.6) is 0 Å². The Hall–Kier alpha value is -1.68. The van der Waals surface area contributed by atoms with Crippen molar-refractivity contribution < 1.29 is 0 Å². The second-order valence-corrected chi connectivity index (χ2v) is 7.23. The molecule has 0 saturated carbocycles. The number of rotatable bonds is 3. The summed E-state index contributed by atoms with van der Waals surface area (Å²) in [6, 6.07) is 24.4. The van der Waals surface area contributed by atoms with Crippen molar-refractivity contribution in [2.45, 2.75) is 6.04 Å². The van der Waals surface area contributed by atoms with Crippen molar-refractivity contribution in [1.29, 1.82) is 0 Å². The van der Waals surface area contributed by atoms with Gasteiger partial charge < -0.3 is 5.32 Å². The average molecular weight is 381 g/mol. The zero-order chi connectivity index (χ0) is 16.4. The van der Waals surface area contributed by atoms with E-state index in [1.807, 2.05) is 0 Å². The number of nitrogens with one attached hydrogen (secondary N) is 1. The average Bonchev–Trinajstić information content (AvgIpc) is 2.63. The van der Waals surface area contributed by atoms with E-state index < -0.39 is 0 Å². The molecule has 3 aromatic rings. The minimum atomic E-state index is 0.288. The van der Waals surface area contributed by atoms with Gasteiger partial charge in [0, 0.05) is 30.7 Å². The molecule has 0 aromatic heterocycles. The molecule has 0 bridgehead atoms. The number of nitrogens with zero attached hydrogens (tertiary/aromatic N) is 1. The van der Waals surface area contributed by atoms with Gasteiger partial charge in [0.15, 0.2) is 0 Å². The lowest BCUT2D eigenvalue weighted by atomic mass is 9.92. The Bertz CT molecular complexity index is 835. The van der Waals surface area contributed by atoms with Gasteiger partial charge in [-0.1, -0.05) is 70.5 Å². The number of benzene rings is 3. The maximum absolute atomic E-state index is 3.65. The highest BCUT2D eigenvalue weighted by Gasteiger charge is 2.25. The summed E-state index contributed by atoms with van der Waals surface area (Å²) in [5.41, 5.74) is 2.75. The van der Waals surface area contributed by atoms with E-state index in [0.29, 0.717) is 0 Å². The summed E-state index contributed by atoms with van der Waals surface area (Å²) in [6.45, 7) is 4.24.